The van der Waals surface area contributed by atoms with Crippen LogP contribution < -0.4 is 5.32 Å². The molecular weight excluding hydrogens is 346 g/mol. The van der Waals surface area contributed by atoms with Gasteiger partial charge in [-0.15, -0.1) is 0 Å². The first-order valence-corrected chi connectivity index (χ1v) is 9.15. The Hall–Kier alpha value is -2.71. The van der Waals surface area contributed by atoms with Crippen LogP contribution in [-0.4, -0.2) is 38.3 Å². The number of carbonyl (C=O) groups excluding carboxylic acids is 2. The molecule has 0 aromatic heterocycles. The number of amides is 1. The van der Waals surface area contributed by atoms with Crippen LogP contribution >= 0.6 is 0 Å². The molecule has 0 bridgehead atoms. The molecule has 2 N–H and O–H groups in total. The fourth-order valence-electron chi connectivity index (χ4n) is 1.96. The number of esters is 1. The Morgan fingerprint density at radius 2 is 1.80 bits per heavy atom. The highest BCUT2D eigenvalue weighted by atomic mass is 32.2. The number of sulfone groups is 1. The second kappa shape index (κ2) is 7.91. The number of benzene rings is 2. The molecular formula is C17H17NO6S. The minimum Gasteiger partial charge on any atom is -0.452 e. The zero-order chi connectivity index (χ0) is 18.4. The van der Waals surface area contributed by atoms with Gasteiger partial charge in [0.25, 0.3) is 5.91 Å². The van der Waals surface area contributed by atoms with Crippen molar-refractivity contribution in [3.8, 4) is 0 Å². The number of rotatable bonds is 6. The second-order valence-corrected chi connectivity index (χ2v) is 7.30. The van der Waals surface area contributed by atoms with Crippen LogP contribution in [0.2, 0.25) is 0 Å². The van der Waals surface area contributed by atoms with Gasteiger partial charge in [0.1, 0.15) is 0 Å². The van der Waals surface area contributed by atoms with Gasteiger partial charge in [0.2, 0.25) is 0 Å². The van der Waals surface area contributed by atoms with E-state index in [1.807, 2.05) is 0 Å². The van der Waals surface area contributed by atoms with E-state index in [0.717, 1.165) is 6.26 Å². The van der Waals surface area contributed by atoms with Gasteiger partial charge in [-0.25, -0.2) is 13.2 Å². The molecule has 7 nitrogen and oxygen atoms in total. The molecule has 0 aliphatic carbocycles. The highest BCUT2D eigenvalue weighted by molar-refractivity contribution is 7.90. The molecule has 0 saturated carbocycles. The molecule has 2 rings (SSSR count). The molecule has 0 aliphatic rings. The predicted octanol–water partition coefficient (Wildman–Crippen LogP) is 1.38. The van der Waals surface area contributed by atoms with E-state index in [0.29, 0.717) is 5.56 Å². The number of ether oxygens (including phenoxy) is 1. The Labute approximate surface area is 145 Å². The van der Waals surface area contributed by atoms with Gasteiger partial charge >= 0.3 is 5.97 Å². The molecule has 0 fully saturated rings. The first-order chi connectivity index (χ1) is 11.8. The number of aliphatic hydroxyl groups is 1. The van der Waals surface area contributed by atoms with Crippen LogP contribution in [-0.2, 0) is 26.0 Å². The van der Waals surface area contributed by atoms with Crippen molar-refractivity contribution in [2.24, 2.45) is 0 Å². The van der Waals surface area contributed by atoms with E-state index in [-0.39, 0.29) is 22.8 Å². The first kappa shape index (κ1) is 18.6. The number of nitrogens with one attached hydrogen (secondary N) is 1. The molecule has 0 saturated heterocycles. The molecule has 0 radical (unpaired) electrons. The van der Waals surface area contributed by atoms with Crippen LogP contribution in [0.3, 0.4) is 0 Å². The summed E-state index contributed by atoms with van der Waals surface area (Å²) in [6.45, 7) is -0.645. The Bertz CT molecular complexity index is 874. The molecule has 0 heterocycles. The average molecular weight is 363 g/mol. The largest absolute Gasteiger partial charge is 0.452 e. The van der Waals surface area contributed by atoms with Crippen LogP contribution in [0.15, 0.2) is 53.4 Å². The summed E-state index contributed by atoms with van der Waals surface area (Å²) >= 11 is 0. The quantitative estimate of drug-likeness (QED) is 0.750. The Balaban J connectivity index is 1.93. The van der Waals surface area contributed by atoms with E-state index < -0.39 is 28.3 Å². The number of carbonyl (C=O) groups is 2. The zero-order valence-corrected chi connectivity index (χ0v) is 14.2. The van der Waals surface area contributed by atoms with Crippen LogP contribution in [0, 0.1) is 0 Å². The van der Waals surface area contributed by atoms with Crippen molar-refractivity contribution in [1.29, 1.82) is 0 Å². The van der Waals surface area contributed by atoms with Gasteiger partial charge in [-0.2, -0.15) is 0 Å². The van der Waals surface area contributed by atoms with Gasteiger partial charge in [-0.1, -0.05) is 18.2 Å². The summed E-state index contributed by atoms with van der Waals surface area (Å²) in [5.74, 6) is -1.27. The zero-order valence-electron chi connectivity index (χ0n) is 13.4. The van der Waals surface area contributed by atoms with Crippen molar-refractivity contribution >= 4 is 27.4 Å². The normalized spacial score (nSPS) is 11.0. The topological polar surface area (TPSA) is 110 Å². The maximum atomic E-state index is 11.8. The summed E-state index contributed by atoms with van der Waals surface area (Å²) in [5, 5.41) is 11.4. The Morgan fingerprint density at radius 1 is 1.12 bits per heavy atom. The van der Waals surface area contributed by atoms with E-state index >= 15 is 0 Å². The number of anilines is 1. The molecule has 8 heteroatoms. The highest BCUT2D eigenvalue weighted by Gasteiger charge is 2.12. The van der Waals surface area contributed by atoms with Crippen LogP contribution in [0.25, 0.3) is 0 Å². The van der Waals surface area contributed by atoms with Crippen molar-refractivity contribution in [2.45, 2.75) is 11.5 Å². The van der Waals surface area contributed by atoms with Crippen molar-refractivity contribution in [3.63, 3.8) is 0 Å². The predicted molar refractivity (Wildman–Crippen MR) is 90.8 cm³/mol. The van der Waals surface area contributed by atoms with E-state index in [9.17, 15) is 18.0 Å². The maximum Gasteiger partial charge on any atom is 0.338 e. The molecule has 2 aromatic carbocycles. The van der Waals surface area contributed by atoms with Crippen LogP contribution in [0.5, 0.6) is 0 Å². The smallest absolute Gasteiger partial charge is 0.338 e. The fraction of sp³-hybridized carbons (Fsp3) is 0.176. The van der Waals surface area contributed by atoms with Gasteiger partial charge < -0.3 is 15.2 Å². The van der Waals surface area contributed by atoms with E-state index in [2.05, 4.69) is 5.32 Å². The van der Waals surface area contributed by atoms with Gasteiger partial charge in [0.05, 0.1) is 17.1 Å². The molecule has 0 atom stereocenters. The van der Waals surface area contributed by atoms with Crippen LogP contribution in [0.1, 0.15) is 15.9 Å². The lowest BCUT2D eigenvalue weighted by molar-refractivity contribution is -0.119. The van der Waals surface area contributed by atoms with E-state index in [4.69, 9.17) is 9.84 Å². The van der Waals surface area contributed by atoms with E-state index in [1.165, 1.54) is 36.4 Å². The summed E-state index contributed by atoms with van der Waals surface area (Å²) in [4.78, 5) is 23.8. The molecule has 0 aliphatic heterocycles. The first-order valence-electron chi connectivity index (χ1n) is 7.26. The summed E-state index contributed by atoms with van der Waals surface area (Å²) in [6.07, 6.45) is 1.07. The summed E-state index contributed by atoms with van der Waals surface area (Å²) in [7, 11) is -3.38. The summed E-state index contributed by atoms with van der Waals surface area (Å²) in [5.41, 5.74) is 1.19. The minimum absolute atomic E-state index is 0.0752. The highest BCUT2D eigenvalue weighted by Crippen LogP contribution is 2.15. The third-order valence-corrected chi connectivity index (χ3v) is 4.36. The minimum atomic E-state index is -3.38. The third-order valence-electron chi connectivity index (χ3n) is 3.25. The van der Waals surface area contributed by atoms with Crippen molar-refractivity contribution in [2.75, 3.05) is 18.2 Å². The van der Waals surface area contributed by atoms with Crippen molar-refractivity contribution in [3.05, 3.63) is 59.7 Å². The van der Waals surface area contributed by atoms with Gasteiger partial charge in [0, 0.05) is 11.9 Å². The Morgan fingerprint density at radius 3 is 2.40 bits per heavy atom. The molecule has 0 unspecified atom stereocenters. The van der Waals surface area contributed by atoms with Gasteiger partial charge in [-0.05, 0) is 35.9 Å². The lowest BCUT2D eigenvalue weighted by Gasteiger charge is -2.08. The second-order valence-electron chi connectivity index (χ2n) is 5.28. The van der Waals surface area contributed by atoms with Crippen LogP contribution in [0.4, 0.5) is 5.69 Å². The average Bonchev–Trinajstić information content (AvgIpc) is 2.59. The molecule has 1 amide bonds. The lowest BCUT2D eigenvalue weighted by atomic mass is 10.1. The fourth-order valence-corrected chi connectivity index (χ4v) is 2.63. The van der Waals surface area contributed by atoms with Gasteiger partial charge in [-0.3, -0.25) is 4.79 Å². The standard InChI is InChI=1S/C17H17NO6S/c1-25(22,23)15-4-2-3-14(9-15)18-16(20)11-24-17(21)13-7-5-12(10-19)6-8-13/h2-9,19H,10-11H2,1H3,(H,18,20). The summed E-state index contributed by atoms with van der Waals surface area (Å²) in [6, 6.07) is 11.9. The van der Waals surface area contributed by atoms with Gasteiger partial charge in [0.15, 0.2) is 16.4 Å². The number of aliphatic hydroxyl groups excluding tert-OH is 1. The molecule has 132 valence electrons. The lowest BCUT2D eigenvalue weighted by Crippen LogP contribution is -2.21. The Kier molecular flexibility index (Phi) is 5.89. The van der Waals surface area contributed by atoms with E-state index in [1.54, 1.807) is 12.1 Å². The molecule has 0 spiro atoms. The molecule has 2 aromatic rings. The number of hydrogen-bond donors (Lipinski definition) is 2. The third kappa shape index (κ3) is 5.40. The monoisotopic (exact) mass is 363 g/mol. The number of hydrogen-bond acceptors (Lipinski definition) is 6. The maximum absolute atomic E-state index is 11.8. The van der Waals surface area contributed by atoms with Crippen molar-refractivity contribution < 1.29 is 27.9 Å². The summed E-state index contributed by atoms with van der Waals surface area (Å²) < 4.78 is 27.9. The SMILES string of the molecule is CS(=O)(=O)c1cccc(NC(=O)COC(=O)c2ccc(CO)cc2)c1. The molecule has 25 heavy (non-hydrogen) atoms. The van der Waals surface area contributed by atoms with Crippen molar-refractivity contribution in [1.82, 2.24) is 0 Å².